The van der Waals surface area contributed by atoms with Crippen molar-refractivity contribution in [1.29, 1.82) is 0 Å². The molecule has 0 aliphatic heterocycles. The van der Waals surface area contributed by atoms with Gasteiger partial charge in [-0.1, -0.05) is 0 Å². The average molecular weight is 285 g/mol. The Morgan fingerprint density at radius 1 is 1.25 bits per heavy atom. The monoisotopic (exact) mass is 285 g/mol. The molecule has 0 unspecified atom stereocenters. The van der Waals surface area contributed by atoms with Crippen LogP contribution >= 0.6 is 0 Å². The zero-order chi connectivity index (χ0) is 14.9. The highest BCUT2D eigenvalue weighted by Crippen LogP contribution is 2.31. The van der Waals surface area contributed by atoms with E-state index < -0.39 is 17.7 Å². The Morgan fingerprint density at radius 2 is 1.85 bits per heavy atom. The lowest BCUT2D eigenvalue weighted by atomic mass is 10.1. The van der Waals surface area contributed by atoms with Gasteiger partial charge in [-0.25, -0.2) is 9.78 Å². The molecule has 0 aliphatic carbocycles. The largest absolute Gasteiger partial charge is 0.464 e. The van der Waals surface area contributed by atoms with Crippen molar-refractivity contribution in [2.75, 3.05) is 7.11 Å². The van der Waals surface area contributed by atoms with E-state index >= 15 is 0 Å². The summed E-state index contributed by atoms with van der Waals surface area (Å²) in [7, 11) is 1.20. The Labute approximate surface area is 112 Å². The summed E-state index contributed by atoms with van der Waals surface area (Å²) < 4.78 is 47.1. The highest BCUT2D eigenvalue weighted by atomic mass is 19.4. The smallest absolute Gasteiger partial charge is 0.416 e. The van der Waals surface area contributed by atoms with Crippen LogP contribution in [-0.2, 0) is 10.9 Å². The third-order valence-corrected chi connectivity index (χ3v) is 2.63. The van der Waals surface area contributed by atoms with Gasteiger partial charge in [0.05, 0.1) is 12.7 Å². The number of oxazole rings is 1. The second-order valence-electron chi connectivity index (χ2n) is 3.99. The number of hydrogen-bond acceptors (Lipinski definition) is 4. The Bertz CT molecular complexity index is 629. The van der Waals surface area contributed by atoms with E-state index in [1.165, 1.54) is 26.2 Å². The van der Waals surface area contributed by atoms with Crippen molar-refractivity contribution in [3.63, 3.8) is 0 Å². The van der Waals surface area contributed by atoms with Gasteiger partial charge in [-0.2, -0.15) is 13.2 Å². The summed E-state index contributed by atoms with van der Waals surface area (Å²) in [6, 6.07) is 4.31. The SMILES string of the molecule is COC(=O)c1nc(-c2ccc(C(F)(F)F)cc2)oc1C. The van der Waals surface area contributed by atoms with Crippen molar-refractivity contribution >= 4 is 5.97 Å². The van der Waals surface area contributed by atoms with Crippen molar-refractivity contribution < 1.29 is 27.1 Å². The van der Waals surface area contributed by atoms with Crippen LogP contribution in [0.2, 0.25) is 0 Å². The van der Waals surface area contributed by atoms with Crippen LogP contribution in [-0.4, -0.2) is 18.1 Å². The Kier molecular flexibility index (Phi) is 3.52. The average Bonchev–Trinajstić information content (AvgIpc) is 2.79. The standard InChI is InChI=1S/C13H10F3NO3/c1-7-10(12(18)19-2)17-11(20-7)8-3-5-9(6-4-8)13(14,15)16/h3-6H,1-2H3. The first-order valence-electron chi connectivity index (χ1n) is 5.56. The molecule has 1 aromatic carbocycles. The summed E-state index contributed by atoms with van der Waals surface area (Å²) >= 11 is 0. The number of benzene rings is 1. The summed E-state index contributed by atoms with van der Waals surface area (Å²) in [5.41, 5.74) is -0.420. The number of esters is 1. The number of methoxy groups -OCH3 is 1. The highest BCUT2D eigenvalue weighted by Gasteiger charge is 2.30. The maximum atomic E-state index is 12.4. The van der Waals surface area contributed by atoms with E-state index in [0.717, 1.165) is 12.1 Å². The maximum Gasteiger partial charge on any atom is 0.416 e. The van der Waals surface area contributed by atoms with Crippen molar-refractivity contribution in [1.82, 2.24) is 4.98 Å². The lowest BCUT2D eigenvalue weighted by Crippen LogP contribution is -2.04. The molecule has 0 bridgehead atoms. The predicted molar refractivity (Wildman–Crippen MR) is 63.0 cm³/mol. The van der Waals surface area contributed by atoms with E-state index in [2.05, 4.69) is 9.72 Å². The van der Waals surface area contributed by atoms with Gasteiger partial charge >= 0.3 is 12.1 Å². The minimum absolute atomic E-state index is 0.00222. The molecule has 106 valence electrons. The van der Waals surface area contributed by atoms with Crippen molar-refractivity contribution in [3.8, 4) is 11.5 Å². The van der Waals surface area contributed by atoms with E-state index in [0.29, 0.717) is 5.56 Å². The molecule has 2 rings (SSSR count). The van der Waals surface area contributed by atoms with Crippen LogP contribution in [0.3, 0.4) is 0 Å². The molecule has 0 radical (unpaired) electrons. The number of nitrogens with zero attached hydrogens (tertiary/aromatic N) is 1. The van der Waals surface area contributed by atoms with Crippen LogP contribution in [0.1, 0.15) is 21.8 Å². The van der Waals surface area contributed by atoms with E-state index in [4.69, 9.17) is 4.42 Å². The van der Waals surface area contributed by atoms with Crippen LogP contribution in [0.25, 0.3) is 11.5 Å². The van der Waals surface area contributed by atoms with Crippen molar-refractivity contribution in [3.05, 3.63) is 41.3 Å². The van der Waals surface area contributed by atoms with Gasteiger partial charge in [-0.05, 0) is 31.2 Å². The molecule has 0 N–H and O–H groups in total. The molecule has 0 amide bonds. The second-order valence-corrected chi connectivity index (χ2v) is 3.99. The lowest BCUT2D eigenvalue weighted by Gasteiger charge is -2.05. The molecule has 2 aromatic rings. The van der Waals surface area contributed by atoms with Gasteiger partial charge in [0.15, 0.2) is 5.69 Å². The number of rotatable bonds is 2. The molecule has 0 saturated heterocycles. The summed E-state index contributed by atoms with van der Waals surface area (Å²) in [5.74, 6) is -0.354. The Balaban J connectivity index is 2.35. The van der Waals surface area contributed by atoms with Gasteiger partial charge in [0.2, 0.25) is 5.89 Å². The third kappa shape index (κ3) is 2.66. The molecular weight excluding hydrogens is 275 g/mol. The number of aromatic nitrogens is 1. The van der Waals surface area contributed by atoms with Gasteiger partial charge in [-0.3, -0.25) is 0 Å². The number of hydrogen-bond donors (Lipinski definition) is 0. The predicted octanol–water partition coefficient (Wildman–Crippen LogP) is 3.46. The molecule has 1 aromatic heterocycles. The maximum absolute atomic E-state index is 12.4. The molecular formula is C13H10F3NO3. The molecule has 0 spiro atoms. The molecule has 20 heavy (non-hydrogen) atoms. The fraction of sp³-hybridized carbons (Fsp3) is 0.231. The highest BCUT2D eigenvalue weighted by molar-refractivity contribution is 5.88. The molecule has 4 nitrogen and oxygen atoms in total. The Hall–Kier alpha value is -2.31. The topological polar surface area (TPSA) is 52.3 Å². The lowest BCUT2D eigenvalue weighted by molar-refractivity contribution is -0.137. The number of carbonyl (C=O) groups excluding carboxylic acids is 1. The summed E-state index contributed by atoms with van der Waals surface area (Å²) in [5, 5.41) is 0. The Morgan fingerprint density at radius 3 is 2.35 bits per heavy atom. The third-order valence-electron chi connectivity index (χ3n) is 2.63. The summed E-state index contributed by atoms with van der Waals surface area (Å²) in [6.07, 6.45) is -4.40. The summed E-state index contributed by atoms with van der Waals surface area (Å²) in [6.45, 7) is 1.52. The first-order chi connectivity index (χ1) is 9.32. The zero-order valence-electron chi connectivity index (χ0n) is 10.6. The molecule has 0 fully saturated rings. The minimum Gasteiger partial charge on any atom is -0.464 e. The molecule has 1 heterocycles. The number of alkyl halides is 3. The first kappa shape index (κ1) is 14.1. The zero-order valence-corrected chi connectivity index (χ0v) is 10.6. The number of halogens is 3. The fourth-order valence-corrected chi connectivity index (χ4v) is 1.61. The first-order valence-corrected chi connectivity index (χ1v) is 5.56. The van der Waals surface area contributed by atoms with Gasteiger partial charge in [0, 0.05) is 5.56 Å². The normalized spacial score (nSPS) is 11.4. The van der Waals surface area contributed by atoms with Crippen LogP contribution in [0.15, 0.2) is 28.7 Å². The minimum atomic E-state index is -4.40. The number of ether oxygens (including phenoxy) is 1. The van der Waals surface area contributed by atoms with Crippen molar-refractivity contribution in [2.24, 2.45) is 0 Å². The number of aryl methyl sites for hydroxylation is 1. The van der Waals surface area contributed by atoms with E-state index in [1.54, 1.807) is 0 Å². The number of carbonyl (C=O) groups is 1. The van der Waals surface area contributed by atoms with E-state index in [9.17, 15) is 18.0 Å². The molecule has 0 aliphatic rings. The molecule has 0 saturated carbocycles. The van der Waals surface area contributed by atoms with Gasteiger partial charge in [0.1, 0.15) is 5.76 Å². The van der Waals surface area contributed by atoms with Gasteiger partial charge < -0.3 is 9.15 Å². The van der Waals surface area contributed by atoms with E-state index in [-0.39, 0.29) is 17.3 Å². The quantitative estimate of drug-likeness (QED) is 0.793. The summed E-state index contributed by atoms with van der Waals surface area (Å²) in [4.78, 5) is 15.3. The fourth-order valence-electron chi connectivity index (χ4n) is 1.61. The molecule has 0 atom stereocenters. The van der Waals surface area contributed by atoms with Crippen molar-refractivity contribution in [2.45, 2.75) is 13.1 Å². The van der Waals surface area contributed by atoms with E-state index in [1.807, 2.05) is 0 Å². The van der Waals surface area contributed by atoms with Crippen LogP contribution in [0.4, 0.5) is 13.2 Å². The van der Waals surface area contributed by atoms with Gasteiger partial charge in [0.25, 0.3) is 0 Å². The van der Waals surface area contributed by atoms with Crippen LogP contribution in [0.5, 0.6) is 0 Å². The second kappa shape index (κ2) is 4.99. The van der Waals surface area contributed by atoms with Crippen LogP contribution < -0.4 is 0 Å². The molecule has 7 heteroatoms. The van der Waals surface area contributed by atoms with Gasteiger partial charge in [-0.15, -0.1) is 0 Å². The van der Waals surface area contributed by atoms with Crippen LogP contribution in [0, 0.1) is 6.92 Å².